The lowest BCUT2D eigenvalue weighted by molar-refractivity contribution is 0.667. The molecule has 0 amide bonds. The van der Waals surface area contributed by atoms with Crippen molar-refractivity contribution >= 4 is 22.4 Å². The SMILES string of the molecule is CCn1c(Cn2ccnc2-c2nccs2)nc2cnc(C)cc21. The molecule has 0 spiro atoms. The van der Waals surface area contributed by atoms with E-state index in [1.807, 2.05) is 24.7 Å². The van der Waals surface area contributed by atoms with Crippen LogP contribution in [-0.2, 0) is 13.1 Å². The first-order valence-corrected chi connectivity index (χ1v) is 8.37. The number of hydrogen-bond acceptors (Lipinski definition) is 5. The van der Waals surface area contributed by atoms with E-state index in [0.29, 0.717) is 6.54 Å². The van der Waals surface area contributed by atoms with Crippen LogP contribution in [0.5, 0.6) is 0 Å². The Bertz CT molecular complexity index is 950. The summed E-state index contributed by atoms with van der Waals surface area (Å²) in [5, 5.41) is 2.89. The van der Waals surface area contributed by atoms with Gasteiger partial charge in [0, 0.05) is 36.2 Å². The maximum Gasteiger partial charge on any atom is 0.169 e. The molecule has 0 aromatic carbocycles. The van der Waals surface area contributed by atoms with Gasteiger partial charge in [0.05, 0.1) is 18.3 Å². The average molecular weight is 324 g/mol. The summed E-state index contributed by atoms with van der Waals surface area (Å²) in [6.45, 7) is 5.67. The topological polar surface area (TPSA) is 61.4 Å². The van der Waals surface area contributed by atoms with Crippen molar-refractivity contribution in [1.29, 1.82) is 0 Å². The van der Waals surface area contributed by atoms with Gasteiger partial charge in [0.15, 0.2) is 10.8 Å². The van der Waals surface area contributed by atoms with Gasteiger partial charge in [-0.05, 0) is 19.9 Å². The van der Waals surface area contributed by atoms with Crippen LogP contribution in [0.1, 0.15) is 18.4 Å². The van der Waals surface area contributed by atoms with Crippen molar-refractivity contribution in [2.75, 3.05) is 0 Å². The standard InChI is InChI=1S/C16H16N6S/c1-3-22-13-8-11(2)19-9-12(13)20-14(22)10-21-6-4-17-15(21)16-18-5-7-23-16/h4-9H,3,10H2,1-2H3. The molecule has 4 aromatic rings. The molecule has 7 heteroatoms. The van der Waals surface area contributed by atoms with Gasteiger partial charge >= 0.3 is 0 Å². The summed E-state index contributed by atoms with van der Waals surface area (Å²) in [5.74, 6) is 1.88. The highest BCUT2D eigenvalue weighted by atomic mass is 32.1. The highest BCUT2D eigenvalue weighted by Gasteiger charge is 2.14. The first-order valence-electron chi connectivity index (χ1n) is 7.49. The molecule has 0 aliphatic heterocycles. The number of thiazole rings is 1. The van der Waals surface area contributed by atoms with E-state index in [9.17, 15) is 0 Å². The van der Waals surface area contributed by atoms with Crippen LogP contribution in [0.4, 0.5) is 0 Å². The predicted octanol–water partition coefficient (Wildman–Crippen LogP) is 3.13. The Labute approximate surface area is 137 Å². The molecule has 0 radical (unpaired) electrons. The average Bonchev–Trinajstić information content (AvgIpc) is 3.25. The van der Waals surface area contributed by atoms with Crippen LogP contribution >= 0.6 is 11.3 Å². The van der Waals surface area contributed by atoms with Gasteiger partial charge in [-0.15, -0.1) is 11.3 Å². The van der Waals surface area contributed by atoms with Crippen LogP contribution in [0.2, 0.25) is 0 Å². The molecule has 6 nitrogen and oxygen atoms in total. The van der Waals surface area contributed by atoms with Gasteiger partial charge in [-0.2, -0.15) is 0 Å². The highest BCUT2D eigenvalue weighted by Crippen LogP contribution is 2.22. The number of imidazole rings is 2. The zero-order valence-corrected chi connectivity index (χ0v) is 13.8. The molecule has 0 fully saturated rings. The number of aryl methyl sites for hydroxylation is 2. The molecule has 0 aliphatic carbocycles. The van der Waals surface area contributed by atoms with Crippen molar-refractivity contribution in [2.24, 2.45) is 0 Å². The van der Waals surface area contributed by atoms with Crippen molar-refractivity contribution in [3.05, 3.63) is 47.8 Å². The van der Waals surface area contributed by atoms with Gasteiger partial charge in [-0.3, -0.25) is 4.98 Å². The van der Waals surface area contributed by atoms with E-state index in [2.05, 4.69) is 37.1 Å². The van der Waals surface area contributed by atoms with Crippen molar-refractivity contribution in [3.8, 4) is 10.8 Å². The minimum atomic E-state index is 0.663. The molecule has 4 heterocycles. The van der Waals surface area contributed by atoms with Crippen molar-refractivity contribution in [1.82, 2.24) is 29.1 Å². The highest BCUT2D eigenvalue weighted by molar-refractivity contribution is 7.13. The summed E-state index contributed by atoms with van der Waals surface area (Å²) in [4.78, 5) is 17.9. The number of fused-ring (bicyclic) bond motifs is 1. The zero-order chi connectivity index (χ0) is 15.8. The Kier molecular flexibility index (Phi) is 3.42. The van der Waals surface area contributed by atoms with Gasteiger partial charge < -0.3 is 9.13 Å². The van der Waals surface area contributed by atoms with Crippen molar-refractivity contribution < 1.29 is 0 Å². The molecule has 0 saturated carbocycles. The van der Waals surface area contributed by atoms with E-state index in [1.54, 1.807) is 23.7 Å². The molecule has 4 aromatic heterocycles. The van der Waals surface area contributed by atoms with Crippen LogP contribution in [-0.4, -0.2) is 29.1 Å². The van der Waals surface area contributed by atoms with Gasteiger partial charge in [0.25, 0.3) is 0 Å². The van der Waals surface area contributed by atoms with Gasteiger partial charge in [0.2, 0.25) is 0 Å². The molecule has 0 N–H and O–H groups in total. The van der Waals surface area contributed by atoms with Gasteiger partial charge in [-0.1, -0.05) is 0 Å². The molecule has 0 saturated heterocycles. The van der Waals surface area contributed by atoms with E-state index in [1.165, 1.54) is 0 Å². The summed E-state index contributed by atoms with van der Waals surface area (Å²) >= 11 is 1.59. The quantitative estimate of drug-likeness (QED) is 0.578. The van der Waals surface area contributed by atoms with E-state index < -0.39 is 0 Å². The molecule has 0 aliphatic rings. The first-order chi connectivity index (χ1) is 11.3. The van der Waals surface area contributed by atoms with Crippen LogP contribution < -0.4 is 0 Å². The van der Waals surface area contributed by atoms with E-state index in [-0.39, 0.29) is 0 Å². The summed E-state index contributed by atoms with van der Waals surface area (Å²) in [6.07, 6.45) is 7.42. The van der Waals surface area contributed by atoms with E-state index in [0.717, 1.165) is 39.9 Å². The summed E-state index contributed by atoms with van der Waals surface area (Å²) in [6, 6.07) is 2.09. The molecule has 0 bridgehead atoms. The van der Waals surface area contributed by atoms with Crippen LogP contribution in [0.15, 0.2) is 36.2 Å². The second kappa shape index (κ2) is 5.58. The minimum absolute atomic E-state index is 0.663. The smallest absolute Gasteiger partial charge is 0.169 e. The number of nitrogens with zero attached hydrogens (tertiary/aromatic N) is 6. The zero-order valence-electron chi connectivity index (χ0n) is 13.0. The van der Waals surface area contributed by atoms with Crippen LogP contribution in [0.3, 0.4) is 0 Å². The van der Waals surface area contributed by atoms with Gasteiger partial charge in [-0.25, -0.2) is 15.0 Å². The number of rotatable bonds is 4. The summed E-state index contributed by atoms with van der Waals surface area (Å²) in [7, 11) is 0. The normalized spacial score (nSPS) is 11.4. The fourth-order valence-electron chi connectivity index (χ4n) is 2.77. The molecular formula is C16H16N6S. The minimum Gasteiger partial charge on any atom is -0.327 e. The third-order valence-electron chi connectivity index (χ3n) is 3.82. The van der Waals surface area contributed by atoms with Crippen LogP contribution in [0, 0.1) is 6.92 Å². The van der Waals surface area contributed by atoms with E-state index >= 15 is 0 Å². The lowest BCUT2D eigenvalue weighted by Crippen LogP contribution is -2.08. The number of pyridine rings is 1. The van der Waals surface area contributed by atoms with Crippen molar-refractivity contribution in [3.63, 3.8) is 0 Å². The maximum absolute atomic E-state index is 4.76. The molecule has 116 valence electrons. The second-order valence-corrected chi connectivity index (χ2v) is 6.20. The Hall–Kier alpha value is -2.54. The second-order valence-electron chi connectivity index (χ2n) is 5.30. The molecular weight excluding hydrogens is 308 g/mol. The summed E-state index contributed by atoms with van der Waals surface area (Å²) in [5.41, 5.74) is 3.07. The fraction of sp³-hybridized carbons (Fsp3) is 0.250. The van der Waals surface area contributed by atoms with Crippen molar-refractivity contribution in [2.45, 2.75) is 26.9 Å². The molecule has 0 unspecified atom stereocenters. The monoisotopic (exact) mass is 324 g/mol. The third-order valence-corrected chi connectivity index (χ3v) is 4.59. The Balaban J connectivity index is 1.78. The first kappa shape index (κ1) is 14.1. The Morgan fingerprint density at radius 1 is 1.17 bits per heavy atom. The molecule has 0 atom stereocenters. The summed E-state index contributed by atoms with van der Waals surface area (Å²) < 4.78 is 4.32. The lowest BCUT2D eigenvalue weighted by atomic mass is 10.3. The molecule has 4 rings (SSSR count). The molecule has 23 heavy (non-hydrogen) atoms. The number of aromatic nitrogens is 6. The fourth-order valence-corrected chi connectivity index (χ4v) is 3.42. The van der Waals surface area contributed by atoms with Crippen LogP contribution in [0.25, 0.3) is 21.9 Å². The Morgan fingerprint density at radius 3 is 2.87 bits per heavy atom. The predicted molar refractivity (Wildman–Crippen MR) is 90.4 cm³/mol. The lowest BCUT2D eigenvalue weighted by Gasteiger charge is -2.08. The largest absolute Gasteiger partial charge is 0.327 e. The van der Waals surface area contributed by atoms with Gasteiger partial charge in [0.1, 0.15) is 11.3 Å². The van der Waals surface area contributed by atoms with E-state index in [4.69, 9.17) is 4.98 Å². The Morgan fingerprint density at radius 2 is 2.09 bits per heavy atom. The third kappa shape index (κ3) is 2.43. The maximum atomic E-state index is 4.76. The number of hydrogen-bond donors (Lipinski definition) is 0.